The second-order valence-electron chi connectivity index (χ2n) is 6.89. The van der Waals surface area contributed by atoms with Crippen LogP contribution >= 0.6 is 0 Å². The fraction of sp³-hybridized carbons (Fsp3) is 0.421. The van der Waals surface area contributed by atoms with E-state index in [-0.39, 0.29) is 6.10 Å². The standard InChI is InChI=1S/C19H23N5O2/c1-12-2-4-13(5-3-12)17(25)10-26-15-7-6-14(8-15)23-18-16-9-22-24-19(16)21-11-20-18/h2-5,9,11,14-15,17,25H,6-8,10H2,1H3,(H2,20,21,22,23,24)/t14?,15-,17+/m0/s1. The first-order valence-electron chi connectivity index (χ1n) is 8.96. The minimum Gasteiger partial charge on any atom is -0.386 e. The normalized spacial score (nSPS) is 21.2. The Bertz CT molecular complexity index is 864. The van der Waals surface area contributed by atoms with E-state index < -0.39 is 6.10 Å². The molecule has 1 aliphatic carbocycles. The van der Waals surface area contributed by atoms with Crippen LogP contribution in [0.3, 0.4) is 0 Å². The number of anilines is 1. The molecule has 7 nitrogen and oxygen atoms in total. The lowest BCUT2D eigenvalue weighted by Crippen LogP contribution is -2.20. The van der Waals surface area contributed by atoms with Gasteiger partial charge >= 0.3 is 0 Å². The molecule has 4 rings (SSSR count). The highest BCUT2D eigenvalue weighted by Crippen LogP contribution is 2.27. The Morgan fingerprint density at radius 2 is 2.12 bits per heavy atom. The topological polar surface area (TPSA) is 96.0 Å². The van der Waals surface area contributed by atoms with Crippen LogP contribution in [0.5, 0.6) is 0 Å². The molecule has 1 unspecified atom stereocenters. The highest BCUT2D eigenvalue weighted by molar-refractivity contribution is 5.85. The zero-order valence-corrected chi connectivity index (χ0v) is 14.7. The average molecular weight is 353 g/mol. The number of hydrogen-bond acceptors (Lipinski definition) is 6. The van der Waals surface area contributed by atoms with Crippen LogP contribution in [0.4, 0.5) is 5.82 Å². The van der Waals surface area contributed by atoms with E-state index in [1.165, 1.54) is 11.9 Å². The van der Waals surface area contributed by atoms with E-state index in [1.54, 1.807) is 6.20 Å². The second-order valence-corrected chi connectivity index (χ2v) is 6.89. The largest absolute Gasteiger partial charge is 0.386 e. The summed E-state index contributed by atoms with van der Waals surface area (Å²) in [7, 11) is 0. The van der Waals surface area contributed by atoms with Gasteiger partial charge in [-0.05, 0) is 31.7 Å². The smallest absolute Gasteiger partial charge is 0.160 e. The summed E-state index contributed by atoms with van der Waals surface area (Å²) in [4.78, 5) is 8.48. The summed E-state index contributed by atoms with van der Waals surface area (Å²) in [5.74, 6) is 0.800. The summed E-state index contributed by atoms with van der Waals surface area (Å²) >= 11 is 0. The van der Waals surface area contributed by atoms with E-state index >= 15 is 0 Å². The molecule has 3 N–H and O–H groups in total. The van der Waals surface area contributed by atoms with E-state index in [4.69, 9.17) is 4.74 Å². The fourth-order valence-electron chi connectivity index (χ4n) is 3.41. The van der Waals surface area contributed by atoms with Crippen LogP contribution in [-0.4, -0.2) is 44.0 Å². The number of benzene rings is 1. The summed E-state index contributed by atoms with van der Waals surface area (Å²) in [6.07, 6.45) is 5.70. The molecule has 1 saturated carbocycles. The zero-order chi connectivity index (χ0) is 17.9. The number of nitrogens with zero attached hydrogens (tertiary/aromatic N) is 3. The Morgan fingerprint density at radius 3 is 2.96 bits per heavy atom. The van der Waals surface area contributed by atoms with Crippen LogP contribution in [0.15, 0.2) is 36.8 Å². The molecule has 2 heterocycles. The van der Waals surface area contributed by atoms with Crippen LogP contribution in [0, 0.1) is 6.92 Å². The van der Waals surface area contributed by atoms with Gasteiger partial charge in [0.15, 0.2) is 5.65 Å². The van der Waals surface area contributed by atoms with Gasteiger partial charge in [-0.3, -0.25) is 5.10 Å². The van der Waals surface area contributed by atoms with Crippen molar-refractivity contribution in [2.45, 2.75) is 44.4 Å². The Kier molecular flexibility index (Phi) is 4.81. The maximum Gasteiger partial charge on any atom is 0.160 e. The van der Waals surface area contributed by atoms with Crippen molar-refractivity contribution in [3.8, 4) is 0 Å². The quantitative estimate of drug-likeness (QED) is 0.631. The Labute approximate surface area is 151 Å². The number of fused-ring (bicyclic) bond motifs is 1. The van der Waals surface area contributed by atoms with E-state index in [2.05, 4.69) is 25.5 Å². The van der Waals surface area contributed by atoms with Gasteiger partial charge in [0.2, 0.25) is 0 Å². The number of nitrogens with one attached hydrogen (secondary N) is 2. The van der Waals surface area contributed by atoms with Crippen molar-refractivity contribution >= 4 is 16.9 Å². The molecule has 2 aromatic heterocycles. The summed E-state index contributed by atoms with van der Waals surface area (Å²) in [6.45, 7) is 2.35. The van der Waals surface area contributed by atoms with Gasteiger partial charge < -0.3 is 15.2 Å². The first kappa shape index (κ1) is 16.9. The number of ether oxygens (including phenoxy) is 1. The number of aromatic nitrogens is 4. The molecule has 1 aromatic carbocycles. The van der Waals surface area contributed by atoms with Crippen LogP contribution in [-0.2, 0) is 4.74 Å². The first-order chi connectivity index (χ1) is 12.7. The molecule has 0 bridgehead atoms. The predicted molar refractivity (Wildman–Crippen MR) is 98.8 cm³/mol. The molecule has 0 spiro atoms. The fourth-order valence-corrected chi connectivity index (χ4v) is 3.41. The average Bonchev–Trinajstić information content (AvgIpc) is 3.30. The summed E-state index contributed by atoms with van der Waals surface area (Å²) in [5, 5.41) is 21.5. The Morgan fingerprint density at radius 1 is 1.27 bits per heavy atom. The van der Waals surface area contributed by atoms with Crippen LogP contribution in [0.25, 0.3) is 11.0 Å². The molecule has 0 amide bonds. The third-order valence-electron chi connectivity index (χ3n) is 4.93. The molecule has 0 radical (unpaired) electrons. The Hall–Kier alpha value is -2.51. The van der Waals surface area contributed by atoms with Crippen LogP contribution in [0.1, 0.15) is 36.5 Å². The van der Waals surface area contributed by atoms with Crippen LogP contribution < -0.4 is 5.32 Å². The van der Waals surface area contributed by atoms with Gasteiger partial charge in [-0.25, -0.2) is 9.97 Å². The van der Waals surface area contributed by atoms with Gasteiger partial charge in [0.05, 0.1) is 24.3 Å². The number of aryl methyl sites for hydroxylation is 1. The van der Waals surface area contributed by atoms with Gasteiger partial charge in [-0.1, -0.05) is 29.8 Å². The van der Waals surface area contributed by atoms with Gasteiger partial charge in [-0.2, -0.15) is 5.10 Å². The van der Waals surface area contributed by atoms with Crippen molar-refractivity contribution in [1.29, 1.82) is 0 Å². The summed E-state index contributed by atoms with van der Waals surface area (Å²) in [5.41, 5.74) is 2.81. The number of hydrogen-bond donors (Lipinski definition) is 3. The summed E-state index contributed by atoms with van der Waals surface area (Å²) < 4.78 is 5.95. The monoisotopic (exact) mass is 353 g/mol. The van der Waals surface area contributed by atoms with Gasteiger partial charge in [0.1, 0.15) is 18.2 Å². The third-order valence-corrected chi connectivity index (χ3v) is 4.93. The lowest BCUT2D eigenvalue weighted by Gasteiger charge is -2.17. The zero-order valence-electron chi connectivity index (χ0n) is 14.7. The molecule has 1 aliphatic rings. The molecular weight excluding hydrogens is 330 g/mol. The molecule has 136 valence electrons. The minimum atomic E-state index is -0.588. The number of aromatic amines is 1. The second kappa shape index (κ2) is 7.39. The first-order valence-corrected chi connectivity index (χ1v) is 8.96. The van der Waals surface area contributed by atoms with Crippen LogP contribution in [0.2, 0.25) is 0 Å². The molecule has 1 fully saturated rings. The Balaban J connectivity index is 1.30. The minimum absolute atomic E-state index is 0.147. The van der Waals surface area contributed by atoms with Crippen molar-refractivity contribution in [2.24, 2.45) is 0 Å². The van der Waals surface area contributed by atoms with Crippen molar-refractivity contribution in [2.75, 3.05) is 11.9 Å². The SMILES string of the molecule is Cc1ccc([C@H](O)CO[C@H]2CCC(Nc3ncnc4[nH]ncc34)C2)cc1. The predicted octanol–water partition coefficient (Wildman–Crippen LogP) is 2.74. The van der Waals surface area contributed by atoms with Crippen molar-refractivity contribution in [1.82, 2.24) is 20.2 Å². The van der Waals surface area contributed by atoms with Crippen molar-refractivity contribution < 1.29 is 9.84 Å². The molecule has 3 atom stereocenters. The highest BCUT2D eigenvalue weighted by atomic mass is 16.5. The van der Waals surface area contributed by atoms with E-state index in [0.717, 1.165) is 41.7 Å². The van der Waals surface area contributed by atoms with Gasteiger partial charge in [0.25, 0.3) is 0 Å². The molecular formula is C19H23N5O2. The van der Waals surface area contributed by atoms with E-state index in [1.807, 2.05) is 31.2 Å². The lowest BCUT2D eigenvalue weighted by atomic mass is 10.1. The molecule has 26 heavy (non-hydrogen) atoms. The molecule has 3 aromatic rings. The molecule has 0 saturated heterocycles. The van der Waals surface area contributed by atoms with Crippen molar-refractivity contribution in [3.05, 3.63) is 47.9 Å². The molecule has 0 aliphatic heterocycles. The highest BCUT2D eigenvalue weighted by Gasteiger charge is 2.26. The van der Waals surface area contributed by atoms with E-state index in [9.17, 15) is 5.11 Å². The van der Waals surface area contributed by atoms with Crippen molar-refractivity contribution in [3.63, 3.8) is 0 Å². The number of rotatable bonds is 6. The number of aliphatic hydroxyl groups excluding tert-OH is 1. The maximum atomic E-state index is 10.3. The lowest BCUT2D eigenvalue weighted by molar-refractivity contribution is -0.00729. The van der Waals surface area contributed by atoms with E-state index in [0.29, 0.717) is 12.6 Å². The third kappa shape index (κ3) is 3.68. The van der Waals surface area contributed by atoms with Gasteiger partial charge in [0, 0.05) is 6.04 Å². The summed E-state index contributed by atoms with van der Waals surface area (Å²) in [6, 6.07) is 8.21. The molecule has 7 heteroatoms. The van der Waals surface area contributed by atoms with Gasteiger partial charge in [-0.15, -0.1) is 0 Å². The maximum absolute atomic E-state index is 10.3. The number of H-pyrrole nitrogens is 1. The number of aliphatic hydroxyl groups is 1.